The monoisotopic (exact) mass is 433 g/mol. The number of para-hydroxylation sites is 2. The normalized spacial score (nSPS) is 10.1. The van der Waals surface area contributed by atoms with Crippen LogP contribution in [0.5, 0.6) is 0 Å². The molecule has 2 N–H and O–H groups in total. The standard InChI is InChI=1S/C23H19N3O6/c27-21(25-19-8-4-5-9-20(19)26(30)31)15-32-22(28)14-24-23(29)18-12-10-17(11-13-18)16-6-2-1-3-7-16/h1-13H,14-15H2,(H,24,29)(H,25,27). The van der Waals surface area contributed by atoms with Crippen LogP contribution < -0.4 is 10.6 Å². The van der Waals surface area contributed by atoms with E-state index in [1.807, 2.05) is 30.3 Å². The van der Waals surface area contributed by atoms with Crippen molar-refractivity contribution in [2.45, 2.75) is 0 Å². The zero-order valence-corrected chi connectivity index (χ0v) is 16.8. The van der Waals surface area contributed by atoms with Gasteiger partial charge in [-0.15, -0.1) is 0 Å². The van der Waals surface area contributed by atoms with Crippen molar-refractivity contribution in [2.75, 3.05) is 18.5 Å². The van der Waals surface area contributed by atoms with Gasteiger partial charge in [0, 0.05) is 11.6 Å². The van der Waals surface area contributed by atoms with Crippen molar-refractivity contribution in [1.29, 1.82) is 0 Å². The summed E-state index contributed by atoms with van der Waals surface area (Å²) < 4.78 is 4.80. The number of benzene rings is 3. The van der Waals surface area contributed by atoms with Gasteiger partial charge < -0.3 is 15.4 Å². The average molecular weight is 433 g/mol. The van der Waals surface area contributed by atoms with Crippen LogP contribution in [0.4, 0.5) is 11.4 Å². The Bertz CT molecular complexity index is 1130. The fourth-order valence-electron chi connectivity index (χ4n) is 2.82. The molecule has 0 saturated carbocycles. The third-order valence-electron chi connectivity index (χ3n) is 4.39. The Balaban J connectivity index is 1.45. The van der Waals surface area contributed by atoms with E-state index in [4.69, 9.17) is 4.74 Å². The molecule has 0 unspecified atom stereocenters. The molecule has 0 bridgehead atoms. The number of carbonyl (C=O) groups is 3. The molecule has 2 amide bonds. The van der Waals surface area contributed by atoms with Crippen molar-refractivity contribution in [3.8, 4) is 11.1 Å². The molecule has 0 aromatic heterocycles. The van der Waals surface area contributed by atoms with Crippen LogP contribution in [-0.2, 0) is 14.3 Å². The van der Waals surface area contributed by atoms with E-state index in [0.29, 0.717) is 5.56 Å². The predicted molar refractivity (Wildman–Crippen MR) is 117 cm³/mol. The molecule has 0 aliphatic rings. The van der Waals surface area contributed by atoms with Crippen molar-refractivity contribution in [1.82, 2.24) is 5.32 Å². The Morgan fingerprint density at radius 1 is 0.844 bits per heavy atom. The zero-order chi connectivity index (χ0) is 22.9. The van der Waals surface area contributed by atoms with Gasteiger partial charge in [-0.1, -0.05) is 54.6 Å². The predicted octanol–water partition coefficient (Wildman–Crippen LogP) is 3.17. The zero-order valence-electron chi connectivity index (χ0n) is 16.8. The third-order valence-corrected chi connectivity index (χ3v) is 4.39. The van der Waals surface area contributed by atoms with Gasteiger partial charge in [0.05, 0.1) is 4.92 Å². The van der Waals surface area contributed by atoms with Crippen LogP contribution in [0.3, 0.4) is 0 Å². The first-order valence-corrected chi connectivity index (χ1v) is 9.56. The number of nitrogens with one attached hydrogen (secondary N) is 2. The minimum atomic E-state index is -0.822. The van der Waals surface area contributed by atoms with Crippen molar-refractivity contribution < 1.29 is 24.0 Å². The quantitative estimate of drug-likeness (QED) is 0.319. The van der Waals surface area contributed by atoms with E-state index < -0.39 is 35.9 Å². The van der Waals surface area contributed by atoms with Gasteiger partial charge in [0.25, 0.3) is 17.5 Å². The number of hydrogen-bond acceptors (Lipinski definition) is 6. The lowest BCUT2D eigenvalue weighted by Crippen LogP contribution is -2.32. The molecule has 0 aliphatic heterocycles. The number of nitro groups is 1. The molecule has 162 valence electrons. The van der Waals surface area contributed by atoms with E-state index in [1.165, 1.54) is 24.3 Å². The lowest BCUT2D eigenvalue weighted by Gasteiger charge is -2.08. The van der Waals surface area contributed by atoms with Gasteiger partial charge in [0.2, 0.25) is 0 Å². The molecule has 0 heterocycles. The van der Waals surface area contributed by atoms with Gasteiger partial charge in [-0.3, -0.25) is 24.5 Å². The summed E-state index contributed by atoms with van der Waals surface area (Å²) in [6.45, 7) is -1.08. The summed E-state index contributed by atoms with van der Waals surface area (Å²) in [4.78, 5) is 46.3. The minimum absolute atomic E-state index is 0.00852. The fraction of sp³-hybridized carbons (Fsp3) is 0.0870. The first-order chi connectivity index (χ1) is 15.4. The van der Waals surface area contributed by atoms with Gasteiger partial charge in [-0.25, -0.2) is 0 Å². The molecule has 3 aromatic rings. The summed E-state index contributed by atoms with van der Waals surface area (Å²) in [6.07, 6.45) is 0. The van der Waals surface area contributed by atoms with Crippen LogP contribution in [0, 0.1) is 10.1 Å². The molecule has 0 radical (unpaired) electrons. The number of esters is 1. The van der Waals surface area contributed by atoms with Crippen LogP contribution in [0.15, 0.2) is 78.9 Å². The van der Waals surface area contributed by atoms with Crippen LogP contribution in [0.2, 0.25) is 0 Å². The van der Waals surface area contributed by atoms with E-state index >= 15 is 0 Å². The number of hydrogen-bond donors (Lipinski definition) is 2. The summed E-state index contributed by atoms with van der Waals surface area (Å²) in [5, 5.41) is 15.7. The Kier molecular flexibility index (Phi) is 7.26. The first-order valence-electron chi connectivity index (χ1n) is 9.56. The number of rotatable bonds is 8. The first kappa shape index (κ1) is 22.2. The fourth-order valence-corrected chi connectivity index (χ4v) is 2.82. The molecule has 0 spiro atoms. The summed E-state index contributed by atoms with van der Waals surface area (Å²) in [5.41, 5.74) is 2.04. The topological polar surface area (TPSA) is 128 Å². The molecule has 0 saturated heterocycles. The Labute approximate surface area is 183 Å². The van der Waals surface area contributed by atoms with Crippen LogP contribution in [0.25, 0.3) is 11.1 Å². The van der Waals surface area contributed by atoms with Crippen LogP contribution in [-0.4, -0.2) is 35.9 Å². The maximum Gasteiger partial charge on any atom is 0.325 e. The molecule has 9 nitrogen and oxygen atoms in total. The van der Waals surface area contributed by atoms with E-state index in [1.54, 1.807) is 24.3 Å². The van der Waals surface area contributed by atoms with Crippen molar-refractivity contribution >= 4 is 29.2 Å². The summed E-state index contributed by atoms with van der Waals surface area (Å²) in [7, 11) is 0. The maximum absolute atomic E-state index is 12.2. The van der Waals surface area contributed by atoms with E-state index in [0.717, 1.165) is 11.1 Å². The Morgan fingerprint density at radius 2 is 1.47 bits per heavy atom. The molecule has 3 rings (SSSR count). The Hall–Kier alpha value is -4.53. The summed E-state index contributed by atoms with van der Waals surface area (Å²) >= 11 is 0. The van der Waals surface area contributed by atoms with E-state index in [9.17, 15) is 24.5 Å². The SMILES string of the molecule is O=C(COC(=O)CNC(=O)c1ccc(-c2ccccc2)cc1)Nc1ccccc1[N+](=O)[O-]. The molecule has 3 aromatic carbocycles. The second kappa shape index (κ2) is 10.5. The molecule has 0 aliphatic carbocycles. The largest absolute Gasteiger partial charge is 0.454 e. The minimum Gasteiger partial charge on any atom is -0.454 e. The second-order valence-corrected chi connectivity index (χ2v) is 6.61. The van der Waals surface area contributed by atoms with E-state index in [-0.39, 0.29) is 11.4 Å². The van der Waals surface area contributed by atoms with Crippen molar-refractivity contribution in [3.63, 3.8) is 0 Å². The van der Waals surface area contributed by atoms with Gasteiger partial charge in [-0.05, 0) is 29.3 Å². The number of nitrogens with zero attached hydrogens (tertiary/aromatic N) is 1. The number of ether oxygens (including phenoxy) is 1. The molecule has 0 fully saturated rings. The highest BCUT2D eigenvalue weighted by Crippen LogP contribution is 2.23. The van der Waals surface area contributed by atoms with E-state index in [2.05, 4.69) is 10.6 Å². The number of nitro benzene ring substituents is 1. The summed E-state index contributed by atoms with van der Waals surface area (Å²) in [5.74, 6) is -2.03. The highest BCUT2D eigenvalue weighted by molar-refractivity contribution is 5.97. The van der Waals surface area contributed by atoms with Gasteiger partial charge in [0.1, 0.15) is 12.2 Å². The smallest absolute Gasteiger partial charge is 0.325 e. The molecular weight excluding hydrogens is 414 g/mol. The van der Waals surface area contributed by atoms with Gasteiger partial charge >= 0.3 is 5.97 Å². The van der Waals surface area contributed by atoms with Gasteiger partial charge in [-0.2, -0.15) is 0 Å². The molecule has 0 atom stereocenters. The lowest BCUT2D eigenvalue weighted by molar-refractivity contribution is -0.383. The Morgan fingerprint density at radius 3 is 2.16 bits per heavy atom. The van der Waals surface area contributed by atoms with Crippen molar-refractivity contribution in [3.05, 3.63) is 94.5 Å². The summed E-state index contributed by atoms with van der Waals surface area (Å²) in [6, 6.07) is 22.1. The van der Waals surface area contributed by atoms with Crippen LogP contribution >= 0.6 is 0 Å². The van der Waals surface area contributed by atoms with Crippen LogP contribution in [0.1, 0.15) is 10.4 Å². The average Bonchev–Trinajstić information content (AvgIpc) is 2.82. The second-order valence-electron chi connectivity index (χ2n) is 6.61. The molecular formula is C23H19N3O6. The van der Waals surface area contributed by atoms with Crippen molar-refractivity contribution in [2.24, 2.45) is 0 Å². The number of amides is 2. The highest BCUT2D eigenvalue weighted by Gasteiger charge is 2.16. The lowest BCUT2D eigenvalue weighted by atomic mass is 10.0. The number of carbonyl (C=O) groups excluding carboxylic acids is 3. The van der Waals surface area contributed by atoms with Gasteiger partial charge in [0.15, 0.2) is 6.61 Å². The third kappa shape index (κ3) is 5.99. The molecule has 32 heavy (non-hydrogen) atoms. The highest BCUT2D eigenvalue weighted by atomic mass is 16.6. The number of anilines is 1. The maximum atomic E-state index is 12.2. The molecule has 9 heteroatoms.